The fourth-order valence-electron chi connectivity index (χ4n) is 3.36. The molecule has 1 aliphatic heterocycles. The van der Waals surface area contributed by atoms with Crippen LogP contribution in [0, 0.1) is 0 Å². The van der Waals surface area contributed by atoms with Crippen LogP contribution in [0.5, 0.6) is 0 Å². The Morgan fingerprint density at radius 3 is 2.72 bits per heavy atom. The molecule has 3 nitrogen and oxygen atoms in total. The van der Waals surface area contributed by atoms with Crippen molar-refractivity contribution in [3.05, 3.63) is 0 Å². The first kappa shape index (κ1) is 14.2. The normalized spacial score (nSPS) is 40.8. The van der Waals surface area contributed by atoms with E-state index < -0.39 is 0 Å². The van der Waals surface area contributed by atoms with Crippen molar-refractivity contribution in [3.8, 4) is 0 Å². The minimum atomic E-state index is -0.341. The van der Waals surface area contributed by atoms with E-state index in [0.29, 0.717) is 17.2 Å². The zero-order valence-electron chi connectivity index (χ0n) is 12.0. The van der Waals surface area contributed by atoms with Crippen molar-refractivity contribution in [2.75, 3.05) is 6.26 Å². The number of carbonyl (C=O) groups is 1. The highest BCUT2D eigenvalue weighted by Crippen LogP contribution is 2.37. The molecule has 0 aromatic rings. The quantitative estimate of drug-likeness (QED) is 0.852. The topological polar surface area (TPSA) is 32.3 Å². The second kappa shape index (κ2) is 5.41. The van der Waals surface area contributed by atoms with Gasteiger partial charge in [-0.3, -0.25) is 10.1 Å². The van der Waals surface area contributed by atoms with E-state index in [0.717, 1.165) is 12.8 Å². The maximum atomic E-state index is 12.7. The molecule has 1 amide bonds. The molecule has 1 saturated heterocycles. The smallest absolute Gasteiger partial charge is 0.244 e. The zero-order chi connectivity index (χ0) is 13.3. The summed E-state index contributed by atoms with van der Waals surface area (Å²) in [7, 11) is 0. The molecule has 4 heteroatoms. The zero-order valence-corrected chi connectivity index (χ0v) is 12.8. The lowest BCUT2D eigenvalue weighted by Gasteiger charge is -2.33. The molecule has 4 unspecified atom stereocenters. The molecule has 0 bridgehead atoms. The van der Waals surface area contributed by atoms with Gasteiger partial charge in [0.25, 0.3) is 0 Å². The highest BCUT2D eigenvalue weighted by molar-refractivity contribution is 7.99. The molecule has 18 heavy (non-hydrogen) atoms. The first-order chi connectivity index (χ1) is 8.57. The molecule has 1 saturated carbocycles. The summed E-state index contributed by atoms with van der Waals surface area (Å²) in [6, 6.07) is 0.443. The maximum absolute atomic E-state index is 12.7. The SMILES string of the molecule is CCC1NC(C)(CC)C(=O)N1C1CCCC1SC. The Morgan fingerprint density at radius 2 is 2.17 bits per heavy atom. The Balaban J connectivity index is 2.22. The lowest BCUT2D eigenvalue weighted by atomic mass is 9.99. The molecule has 2 fully saturated rings. The van der Waals surface area contributed by atoms with Crippen LogP contribution in [0.25, 0.3) is 0 Å². The molecule has 0 aromatic carbocycles. The molecule has 104 valence electrons. The number of nitrogens with zero attached hydrogens (tertiary/aromatic N) is 1. The third-order valence-electron chi connectivity index (χ3n) is 4.70. The average Bonchev–Trinajstić information content (AvgIpc) is 2.93. The number of nitrogens with one attached hydrogen (secondary N) is 1. The number of rotatable bonds is 4. The summed E-state index contributed by atoms with van der Waals surface area (Å²) in [5, 5.41) is 4.18. The summed E-state index contributed by atoms with van der Waals surface area (Å²) in [6.07, 6.45) is 7.98. The Kier molecular flexibility index (Phi) is 4.27. The summed E-state index contributed by atoms with van der Waals surface area (Å²) >= 11 is 1.93. The molecule has 1 heterocycles. The van der Waals surface area contributed by atoms with Crippen molar-refractivity contribution in [2.45, 2.75) is 75.9 Å². The van der Waals surface area contributed by atoms with E-state index in [1.165, 1.54) is 19.3 Å². The summed E-state index contributed by atoms with van der Waals surface area (Å²) < 4.78 is 0. The van der Waals surface area contributed by atoms with Crippen LogP contribution in [0.3, 0.4) is 0 Å². The Bertz CT molecular complexity index is 323. The molecule has 0 spiro atoms. The summed E-state index contributed by atoms with van der Waals surface area (Å²) in [6.45, 7) is 6.32. The molecular weight excluding hydrogens is 244 g/mol. The van der Waals surface area contributed by atoms with Gasteiger partial charge in [-0.2, -0.15) is 11.8 Å². The lowest BCUT2D eigenvalue weighted by molar-refractivity contribution is -0.135. The van der Waals surface area contributed by atoms with Gasteiger partial charge in [-0.25, -0.2) is 0 Å². The minimum Gasteiger partial charge on any atom is -0.321 e. The van der Waals surface area contributed by atoms with E-state index in [-0.39, 0.29) is 11.7 Å². The number of hydrogen-bond acceptors (Lipinski definition) is 3. The first-order valence-electron chi connectivity index (χ1n) is 7.20. The van der Waals surface area contributed by atoms with Gasteiger partial charge in [0.2, 0.25) is 5.91 Å². The van der Waals surface area contributed by atoms with Crippen LogP contribution < -0.4 is 5.32 Å². The van der Waals surface area contributed by atoms with E-state index in [1.807, 2.05) is 11.8 Å². The van der Waals surface area contributed by atoms with Crippen LogP contribution in [-0.4, -0.2) is 40.1 Å². The van der Waals surface area contributed by atoms with Gasteiger partial charge in [-0.05, 0) is 38.9 Å². The third-order valence-corrected chi connectivity index (χ3v) is 5.85. The van der Waals surface area contributed by atoms with Gasteiger partial charge in [0.05, 0.1) is 11.7 Å². The highest BCUT2D eigenvalue weighted by Gasteiger charge is 2.50. The molecule has 2 aliphatic rings. The monoisotopic (exact) mass is 270 g/mol. The van der Waals surface area contributed by atoms with Gasteiger partial charge < -0.3 is 4.90 Å². The molecule has 0 radical (unpaired) electrons. The van der Waals surface area contributed by atoms with Crippen molar-refractivity contribution < 1.29 is 4.79 Å². The first-order valence-corrected chi connectivity index (χ1v) is 8.49. The maximum Gasteiger partial charge on any atom is 0.244 e. The van der Waals surface area contributed by atoms with Crippen LogP contribution in [0.2, 0.25) is 0 Å². The standard InChI is InChI=1S/C14H26N2OS/c1-5-12-15-14(3,6-2)13(17)16(12)10-8-7-9-11(10)18-4/h10-12,15H,5-9H2,1-4H3. The molecule has 4 atom stereocenters. The molecule has 1 aliphatic carbocycles. The average molecular weight is 270 g/mol. The Hall–Kier alpha value is -0.220. The van der Waals surface area contributed by atoms with E-state index in [4.69, 9.17) is 0 Å². The summed E-state index contributed by atoms with van der Waals surface area (Å²) in [4.78, 5) is 14.9. The molecule has 0 aromatic heterocycles. The molecule has 1 N–H and O–H groups in total. The fraction of sp³-hybridized carbons (Fsp3) is 0.929. The van der Waals surface area contributed by atoms with Crippen molar-refractivity contribution in [1.29, 1.82) is 0 Å². The van der Waals surface area contributed by atoms with Crippen molar-refractivity contribution in [3.63, 3.8) is 0 Å². The number of hydrogen-bond donors (Lipinski definition) is 1. The lowest BCUT2D eigenvalue weighted by Crippen LogP contribution is -2.47. The van der Waals surface area contributed by atoms with Crippen molar-refractivity contribution >= 4 is 17.7 Å². The van der Waals surface area contributed by atoms with Crippen LogP contribution in [0.1, 0.15) is 52.9 Å². The van der Waals surface area contributed by atoms with Crippen LogP contribution in [0.4, 0.5) is 0 Å². The van der Waals surface area contributed by atoms with Gasteiger partial charge in [-0.15, -0.1) is 0 Å². The van der Waals surface area contributed by atoms with Gasteiger partial charge in [-0.1, -0.05) is 20.3 Å². The largest absolute Gasteiger partial charge is 0.321 e. The van der Waals surface area contributed by atoms with Gasteiger partial charge in [0.1, 0.15) is 0 Å². The second-order valence-electron chi connectivity index (χ2n) is 5.74. The van der Waals surface area contributed by atoms with E-state index >= 15 is 0 Å². The van der Waals surface area contributed by atoms with E-state index in [9.17, 15) is 4.79 Å². The third kappa shape index (κ3) is 2.18. The molecular formula is C14H26N2OS. The van der Waals surface area contributed by atoms with E-state index in [2.05, 4.69) is 37.2 Å². The molecule has 2 rings (SSSR count). The number of amides is 1. The second-order valence-corrected chi connectivity index (χ2v) is 6.82. The fourth-order valence-corrected chi connectivity index (χ4v) is 4.34. The van der Waals surface area contributed by atoms with Crippen molar-refractivity contribution in [2.24, 2.45) is 0 Å². The Morgan fingerprint density at radius 1 is 1.44 bits per heavy atom. The summed E-state index contributed by atoms with van der Waals surface area (Å²) in [5.74, 6) is 0.322. The predicted octanol–water partition coefficient (Wildman–Crippen LogP) is 2.61. The predicted molar refractivity (Wildman–Crippen MR) is 77.7 cm³/mol. The minimum absolute atomic E-state index is 0.236. The van der Waals surface area contributed by atoms with Gasteiger partial charge in [0.15, 0.2) is 0 Å². The number of thioether (sulfide) groups is 1. The van der Waals surface area contributed by atoms with Gasteiger partial charge in [0, 0.05) is 11.3 Å². The highest BCUT2D eigenvalue weighted by atomic mass is 32.2. The number of carbonyl (C=O) groups excluding carboxylic acids is 1. The van der Waals surface area contributed by atoms with Crippen molar-refractivity contribution in [1.82, 2.24) is 10.2 Å². The van der Waals surface area contributed by atoms with Crippen LogP contribution in [-0.2, 0) is 4.79 Å². The van der Waals surface area contributed by atoms with Crippen LogP contribution >= 0.6 is 11.8 Å². The Labute approximate surface area is 115 Å². The van der Waals surface area contributed by atoms with Gasteiger partial charge >= 0.3 is 0 Å². The van der Waals surface area contributed by atoms with Crippen LogP contribution in [0.15, 0.2) is 0 Å². The summed E-state index contributed by atoms with van der Waals surface area (Å²) in [5.41, 5.74) is -0.341. The van der Waals surface area contributed by atoms with E-state index in [1.54, 1.807) is 0 Å².